The molecule has 172 valence electrons. The minimum absolute atomic E-state index is 0.0354. The summed E-state index contributed by atoms with van der Waals surface area (Å²) in [7, 11) is 2.16. The van der Waals surface area contributed by atoms with Crippen molar-refractivity contribution in [3.05, 3.63) is 71.1 Å². The van der Waals surface area contributed by atoms with Gasteiger partial charge in [-0.05, 0) is 48.5 Å². The van der Waals surface area contributed by atoms with Gasteiger partial charge >= 0.3 is 0 Å². The van der Waals surface area contributed by atoms with Gasteiger partial charge in [0.2, 0.25) is 0 Å². The summed E-state index contributed by atoms with van der Waals surface area (Å²) in [6.45, 7) is 6.09. The summed E-state index contributed by atoms with van der Waals surface area (Å²) < 4.78 is 11.3. The molecule has 0 radical (unpaired) electrons. The van der Waals surface area contributed by atoms with Crippen molar-refractivity contribution in [1.29, 1.82) is 0 Å². The van der Waals surface area contributed by atoms with Crippen LogP contribution in [0.1, 0.15) is 21.3 Å². The van der Waals surface area contributed by atoms with Crippen LogP contribution in [0.2, 0.25) is 0 Å². The van der Waals surface area contributed by atoms with Gasteiger partial charge < -0.3 is 19.7 Å². The van der Waals surface area contributed by atoms with Gasteiger partial charge in [0.25, 0.3) is 5.91 Å². The Balaban J connectivity index is 1.31. The van der Waals surface area contributed by atoms with Gasteiger partial charge in [0.05, 0.1) is 10.9 Å². The molecule has 3 aromatic rings. The van der Waals surface area contributed by atoms with Crippen LogP contribution in [0.5, 0.6) is 11.5 Å². The van der Waals surface area contributed by atoms with Crippen molar-refractivity contribution in [3.8, 4) is 21.9 Å². The van der Waals surface area contributed by atoms with E-state index in [4.69, 9.17) is 9.47 Å². The van der Waals surface area contributed by atoms with Gasteiger partial charge in [-0.2, -0.15) is 0 Å². The molecule has 5 rings (SSSR count). The molecule has 2 aromatic carbocycles. The van der Waals surface area contributed by atoms with E-state index in [0.717, 1.165) is 60.2 Å². The van der Waals surface area contributed by atoms with Crippen LogP contribution in [-0.2, 0) is 0 Å². The minimum Gasteiger partial charge on any atom is -0.486 e. The first kappa shape index (κ1) is 21.9. The molecule has 0 spiro atoms. The van der Waals surface area contributed by atoms with Crippen LogP contribution in [0.4, 0.5) is 0 Å². The van der Waals surface area contributed by atoms with Crippen molar-refractivity contribution in [2.24, 2.45) is 0 Å². The molecule has 7 heteroatoms. The monoisotopic (exact) mass is 463 g/mol. The van der Waals surface area contributed by atoms with Gasteiger partial charge in [0.15, 0.2) is 11.5 Å². The zero-order chi connectivity index (χ0) is 22.6. The van der Waals surface area contributed by atoms with Crippen LogP contribution < -0.4 is 14.8 Å². The molecule has 0 bridgehead atoms. The number of piperazine rings is 1. The van der Waals surface area contributed by atoms with E-state index in [2.05, 4.69) is 34.3 Å². The van der Waals surface area contributed by atoms with E-state index >= 15 is 0 Å². The second kappa shape index (κ2) is 9.95. The maximum atomic E-state index is 13.2. The van der Waals surface area contributed by atoms with Crippen molar-refractivity contribution in [2.45, 2.75) is 6.04 Å². The summed E-state index contributed by atoms with van der Waals surface area (Å²) in [5.74, 6) is 1.50. The van der Waals surface area contributed by atoms with Gasteiger partial charge in [-0.1, -0.05) is 30.3 Å². The predicted molar refractivity (Wildman–Crippen MR) is 131 cm³/mol. The molecule has 2 aliphatic rings. The fourth-order valence-electron chi connectivity index (χ4n) is 4.25. The van der Waals surface area contributed by atoms with E-state index in [9.17, 15) is 4.79 Å². The highest BCUT2D eigenvalue weighted by Gasteiger charge is 2.23. The number of hydrogen-bond acceptors (Lipinski definition) is 6. The van der Waals surface area contributed by atoms with Crippen molar-refractivity contribution in [1.82, 2.24) is 15.1 Å². The van der Waals surface area contributed by atoms with E-state index < -0.39 is 0 Å². The number of rotatable bonds is 6. The Hall–Kier alpha value is -2.87. The molecule has 1 amide bonds. The number of nitrogens with zero attached hydrogens (tertiary/aromatic N) is 2. The predicted octanol–water partition coefficient (Wildman–Crippen LogP) is 3.90. The molecule has 1 atom stereocenters. The number of carbonyl (C=O) groups excluding carboxylic acids is 1. The van der Waals surface area contributed by atoms with Crippen molar-refractivity contribution in [3.63, 3.8) is 0 Å². The number of ether oxygens (including phenoxy) is 2. The van der Waals surface area contributed by atoms with E-state index in [0.29, 0.717) is 18.1 Å². The number of amides is 1. The van der Waals surface area contributed by atoms with Crippen LogP contribution >= 0.6 is 11.3 Å². The minimum atomic E-state index is -0.0538. The lowest BCUT2D eigenvalue weighted by Crippen LogP contribution is -2.47. The Morgan fingerprint density at radius 2 is 1.73 bits per heavy atom. The molecule has 0 aliphatic carbocycles. The van der Waals surface area contributed by atoms with E-state index in [1.165, 1.54) is 11.3 Å². The van der Waals surface area contributed by atoms with E-state index in [1.54, 1.807) is 0 Å². The normalized spacial score (nSPS) is 17.5. The number of likely N-dealkylation sites (N-methyl/N-ethyl adjacent to an activating group) is 1. The number of nitrogens with one attached hydrogen (secondary N) is 1. The summed E-state index contributed by atoms with van der Waals surface area (Å²) in [6.07, 6.45) is 0. The smallest absolute Gasteiger partial charge is 0.261 e. The number of thiophene rings is 1. The largest absolute Gasteiger partial charge is 0.486 e. The first-order valence-corrected chi connectivity index (χ1v) is 12.2. The second-order valence-electron chi connectivity index (χ2n) is 8.56. The molecule has 1 saturated heterocycles. The molecule has 2 aliphatic heterocycles. The third-order valence-corrected chi connectivity index (χ3v) is 7.33. The Morgan fingerprint density at radius 3 is 2.52 bits per heavy atom. The lowest BCUT2D eigenvalue weighted by Gasteiger charge is -2.35. The molecular weight excluding hydrogens is 434 g/mol. The van der Waals surface area contributed by atoms with Crippen LogP contribution in [0.3, 0.4) is 0 Å². The van der Waals surface area contributed by atoms with Gasteiger partial charge in [0, 0.05) is 37.6 Å². The van der Waals surface area contributed by atoms with Crippen LogP contribution in [-0.4, -0.2) is 68.7 Å². The number of benzene rings is 2. The molecule has 1 unspecified atom stereocenters. The fourth-order valence-corrected chi connectivity index (χ4v) is 5.15. The third-order valence-electron chi connectivity index (χ3n) is 6.20. The second-order valence-corrected chi connectivity index (χ2v) is 9.65. The molecule has 33 heavy (non-hydrogen) atoms. The average molecular weight is 464 g/mol. The first-order chi connectivity index (χ1) is 16.2. The zero-order valence-corrected chi connectivity index (χ0v) is 19.6. The topological polar surface area (TPSA) is 54.0 Å². The van der Waals surface area contributed by atoms with Crippen molar-refractivity contribution >= 4 is 17.2 Å². The Kier molecular flexibility index (Phi) is 6.62. The van der Waals surface area contributed by atoms with Crippen LogP contribution in [0.15, 0.2) is 60.7 Å². The zero-order valence-electron chi connectivity index (χ0n) is 18.8. The lowest BCUT2D eigenvalue weighted by molar-refractivity contribution is 0.0911. The highest BCUT2D eigenvalue weighted by atomic mass is 32.1. The molecule has 0 saturated carbocycles. The average Bonchev–Trinajstić information content (AvgIpc) is 3.36. The van der Waals surface area contributed by atoms with E-state index in [-0.39, 0.29) is 11.9 Å². The highest BCUT2D eigenvalue weighted by molar-refractivity contribution is 7.17. The van der Waals surface area contributed by atoms with Gasteiger partial charge in [-0.15, -0.1) is 11.3 Å². The molecule has 1 aromatic heterocycles. The maximum absolute atomic E-state index is 13.2. The maximum Gasteiger partial charge on any atom is 0.261 e. The SMILES string of the molecule is CN1CCN(CC(NC(=O)c2ccc(-c3ccc4c(c3)OCCO4)s2)c2ccccc2)CC1. The summed E-state index contributed by atoms with van der Waals surface area (Å²) in [4.78, 5) is 19.8. The van der Waals surface area contributed by atoms with Gasteiger partial charge in [0.1, 0.15) is 13.2 Å². The van der Waals surface area contributed by atoms with E-state index in [1.807, 2.05) is 48.5 Å². The Labute approximate surface area is 198 Å². The molecule has 3 heterocycles. The Morgan fingerprint density at radius 1 is 0.970 bits per heavy atom. The van der Waals surface area contributed by atoms with Crippen molar-refractivity contribution in [2.75, 3.05) is 53.0 Å². The molecular formula is C26H29N3O3S. The summed E-state index contributed by atoms with van der Waals surface area (Å²) in [5, 5.41) is 3.29. The van der Waals surface area contributed by atoms with Gasteiger partial charge in [-0.25, -0.2) is 0 Å². The molecule has 1 N–H and O–H groups in total. The lowest BCUT2D eigenvalue weighted by atomic mass is 10.1. The standard InChI is InChI=1S/C26H29N3O3S/c1-28-11-13-29(14-12-28)18-21(19-5-3-2-4-6-19)27-26(30)25-10-9-24(33-25)20-7-8-22-23(17-20)32-16-15-31-22/h2-10,17,21H,11-16,18H2,1H3,(H,27,30). The Bertz CT molecular complexity index is 1090. The fraction of sp³-hybridized carbons (Fsp3) is 0.346. The first-order valence-electron chi connectivity index (χ1n) is 11.4. The molecule has 6 nitrogen and oxygen atoms in total. The highest BCUT2D eigenvalue weighted by Crippen LogP contribution is 2.37. The third kappa shape index (κ3) is 5.21. The van der Waals surface area contributed by atoms with Crippen molar-refractivity contribution < 1.29 is 14.3 Å². The quantitative estimate of drug-likeness (QED) is 0.601. The van der Waals surface area contributed by atoms with Crippen LogP contribution in [0, 0.1) is 0 Å². The molecule has 1 fully saturated rings. The summed E-state index contributed by atoms with van der Waals surface area (Å²) >= 11 is 1.50. The number of carbonyl (C=O) groups is 1. The summed E-state index contributed by atoms with van der Waals surface area (Å²) in [6, 6.07) is 20.1. The van der Waals surface area contributed by atoms with Crippen LogP contribution in [0.25, 0.3) is 10.4 Å². The number of fused-ring (bicyclic) bond motifs is 1. The number of hydrogen-bond donors (Lipinski definition) is 1. The summed E-state index contributed by atoms with van der Waals surface area (Å²) in [5.41, 5.74) is 2.16. The van der Waals surface area contributed by atoms with Gasteiger partial charge in [-0.3, -0.25) is 9.69 Å².